The Morgan fingerprint density at radius 2 is 2.00 bits per heavy atom. The van der Waals surface area contributed by atoms with Gasteiger partial charge in [-0.2, -0.15) is 4.31 Å². The molecule has 0 aliphatic carbocycles. The quantitative estimate of drug-likeness (QED) is 0.834. The molecule has 0 aromatic heterocycles. The molecule has 0 saturated carbocycles. The zero-order valence-corrected chi connectivity index (χ0v) is 14.0. The van der Waals surface area contributed by atoms with Gasteiger partial charge in [0.25, 0.3) is 0 Å². The second-order valence-electron chi connectivity index (χ2n) is 5.89. The summed E-state index contributed by atoms with van der Waals surface area (Å²) in [4.78, 5) is 2.65. The first-order valence-electron chi connectivity index (χ1n) is 7.61. The molecule has 3 rings (SSSR count). The van der Waals surface area contributed by atoms with Crippen molar-refractivity contribution >= 4 is 21.6 Å². The van der Waals surface area contributed by atoms with Gasteiger partial charge in [0.05, 0.1) is 18.1 Å². The number of halogens is 1. The van der Waals surface area contributed by atoms with Crippen molar-refractivity contribution < 1.29 is 13.2 Å². The second kappa shape index (κ2) is 6.84. The van der Waals surface area contributed by atoms with Gasteiger partial charge in [0.2, 0.25) is 10.0 Å². The Morgan fingerprint density at radius 3 is 2.73 bits per heavy atom. The van der Waals surface area contributed by atoms with Crippen LogP contribution in [-0.2, 0) is 14.8 Å². The number of ether oxygens (including phenoxy) is 1. The van der Waals surface area contributed by atoms with Crippen LogP contribution in [0, 0.1) is 5.92 Å². The SMILES string of the molecule is O=S(=O)(c1cccc(Cl)c1)N1CC[C@@H](CN2CCOCC2)C1. The standard InChI is InChI=1S/C15H21ClN2O3S/c16-14-2-1-3-15(10-14)22(19,20)18-5-4-13(12-18)11-17-6-8-21-9-7-17/h1-3,10,13H,4-9,11-12H2/t13-/m0/s1. The fourth-order valence-electron chi connectivity index (χ4n) is 3.09. The van der Waals surface area contributed by atoms with E-state index in [1.54, 1.807) is 22.5 Å². The largest absolute Gasteiger partial charge is 0.379 e. The molecule has 2 aliphatic heterocycles. The second-order valence-corrected chi connectivity index (χ2v) is 8.26. The molecular weight excluding hydrogens is 324 g/mol. The van der Waals surface area contributed by atoms with Crippen LogP contribution in [0.1, 0.15) is 6.42 Å². The van der Waals surface area contributed by atoms with Crippen molar-refractivity contribution in [3.8, 4) is 0 Å². The maximum absolute atomic E-state index is 12.7. The molecule has 5 nitrogen and oxygen atoms in total. The van der Waals surface area contributed by atoms with Gasteiger partial charge in [0.15, 0.2) is 0 Å². The molecule has 2 heterocycles. The molecule has 0 spiro atoms. The van der Waals surface area contributed by atoms with Gasteiger partial charge in [-0.05, 0) is 30.5 Å². The highest BCUT2D eigenvalue weighted by Crippen LogP contribution is 2.26. The summed E-state index contributed by atoms with van der Waals surface area (Å²) in [5.74, 6) is 0.395. The van der Waals surface area contributed by atoms with Gasteiger partial charge < -0.3 is 4.74 Å². The van der Waals surface area contributed by atoms with Gasteiger partial charge in [-0.1, -0.05) is 17.7 Å². The molecule has 1 aromatic carbocycles. The van der Waals surface area contributed by atoms with Crippen LogP contribution in [0.3, 0.4) is 0 Å². The molecular formula is C15H21ClN2O3S. The van der Waals surface area contributed by atoms with Crippen molar-refractivity contribution in [1.29, 1.82) is 0 Å². The van der Waals surface area contributed by atoms with E-state index in [0.717, 1.165) is 39.3 Å². The lowest BCUT2D eigenvalue weighted by atomic mass is 10.1. The van der Waals surface area contributed by atoms with Crippen molar-refractivity contribution in [1.82, 2.24) is 9.21 Å². The van der Waals surface area contributed by atoms with Gasteiger partial charge in [-0.15, -0.1) is 0 Å². The smallest absolute Gasteiger partial charge is 0.243 e. The normalized spacial score (nSPS) is 24.7. The minimum Gasteiger partial charge on any atom is -0.379 e. The van der Waals surface area contributed by atoms with E-state index in [9.17, 15) is 8.42 Å². The highest BCUT2D eigenvalue weighted by Gasteiger charge is 2.33. The molecule has 0 unspecified atom stereocenters. The van der Waals surface area contributed by atoms with E-state index in [0.29, 0.717) is 24.0 Å². The lowest BCUT2D eigenvalue weighted by Gasteiger charge is -2.29. The Morgan fingerprint density at radius 1 is 1.23 bits per heavy atom. The van der Waals surface area contributed by atoms with Crippen molar-refractivity contribution in [2.75, 3.05) is 45.9 Å². The molecule has 0 bridgehead atoms. The molecule has 2 fully saturated rings. The number of hydrogen-bond acceptors (Lipinski definition) is 4. The molecule has 0 radical (unpaired) electrons. The number of sulfonamides is 1. The number of rotatable bonds is 4. The Bertz CT molecular complexity index is 617. The summed E-state index contributed by atoms with van der Waals surface area (Å²) < 4.78 is 32.3. The third-order valence-corrected chi connectivity index (χ3v) is 6.40. The Labute approximate surface area is 136 Å². The van der Waals surface area contributed by atoms with Crippen LogP contribution >= 0.6 is 11.6 Å². The number of morpholine rings is 1. The zero-order valence-electron chi connectivity index (χ0n) is 12.4. The average Bonchev–Trinajstić information content (AvgIpc) is 2.97. The molecule has 7 heteroatoms. The average molecular weight is 345 g/mol. The predicted octanol–water partition coefficient (Wildman–Crippen LogP) is 1.68. The topological polar surface area (TPSA) is 49.9 Å². The first-order chi connectivity index (χ1) is 10.6. The van der Waals surface area contributed by atoms with E-state index in [4.69, 9.17) is 16.3 Å². The third-order valence-electron chi connectivity index (χ3n) is 4.30. The highest BCUT2D eigenvalue weighted by atomic mass is 35.5. The summed E-state index contributed by atoms with van der Waals surface area (Å²) in [6.45, 7) is 5.56. The van der Waals surface area contributed by atoms with Crippen molar-refractivity contribution in [2.24, 2.45) is 5.92 Å². The van der Waals surface area contributed by atoms with Crippen LogP contribution in [-0.4, -0.2) is 63.6 Å². The Hall–Kier alpha value is -0.660. The molecule has 0 N–H and O–H groups in total. The third kappa shape index (κ3) is 3.63. The van der Waals surface area contributed by atoms with Crippen molar-refractivity contribution in [2.45, 2.75) is 11.3 Å². The summed E-state index contributed by atoms with van der Waals surface area (Å²) in [7, 11) is -3.43. The number of hydrogen-bond donors (Lipinski definition) is 0. The zero-order chi connectivity index (χ0) is 15.6. The minimum absolute atomic E-state index is 0.284. The highest BCUT2D eigenvalue weighted by molar-refractivity contribution is 7.89. The fourth-order valence-corrected chi connectivity index (χ4v) is 4.92. The summed E-state index contributed by atoms with van der Waals surface area (Å²) in [5.41, 5.74) is 0. The molecule has 122 valence electrons. The van der Waals surface area contributed by atoms with E-state index in [2.05, 4.69) is 4.90 Å². The molecule has 1 aromatic rings. The minimum atomic E-state index is -3.43. The van der Waals surface area contributed by atoms with Crippen LogP contribution in [0.2, 0.25) is 5.02 Å². The lowest BCUT2D eigenvalue weighted by molar-refractivity contribution is 0.0316. The van der Waals surface area contributed by atoms with Crippen LogP contribution in [0.25, 0.3) is 0 Å². The van der Waals surface area contributed by atoms with Crippen LogP contribution in [0.5, 0.6) is 0 Å². The van der Waals surface area contributed by atoms with Gasteiger partial charge >= 0.3 is 0 Å². The molecule has 22 heavy (non-hydrogen) atoms. The van der Waals surface area contributed by atoms with Crippen molar-refractivity contribution in [3.05, 3.63) is 29.3 Å². The summed E-state index contributed by atoms with van der Waals surface area (Å²) in [5, 5.41) is 0.449. The van der Waals surface area contributed by atoms with Crippen LogP contribution in [0.15, 0.2) is 29.2 Å². The molecule has 2 aliphatic rings. The maximum atomic E-state index is 12.7. The Kier molecular flexibility index (Phi) is 5.04. The molecule has 1 atom stereocenters. The van der Waals surface area contributed by atoms with Crippen molar-refractivity contribution in [3.63, 3.8) is 0 Å². The lowest BCUT2D eigenvalue weighted by Crippen LogP contribution is -2.40. The van der Waals surface area contributed by atoms with Gasteiger partial charge in [-0.3, -0.25) is 4.90 Å². The molecule has 0 amide bonds. The maximum Gasteiger partial charge on any atom is 0.243 e. The van der Waals surface area contributed by atoms with E-state index >= 15 is 0 Å². The van der Waals surface area contributed by atoms with Gasteiger partial charge in [0, 0.05) is 37.7 Å². The summed E-state index contributed by atoms with van der Waals surface area (Å²) in [6, 6.07) is 6.49. The number of benzene rings is 1. The number of nitrogens with zero attached hydrogens (tertiary/aromatic N) is 2. The fraction of sp³-hybridized carbons (Fsp3) is 0.600. The Balaban J connectivity index is 1.64. The first kappa shape index (κ1) is 16.2. The first-order valence-corrected chi connectivity index (χ1v) is 9.43. The van der Waals surface area contributed by atoms with Gasteiger partial charge in [0.1, 0.15) is 0 Å². The summed E-state index contributed by atoms with van der Waals surface area (Å²) in [6.07, 6.45) is 0.914. The monoisotopic (exact) mass is 344 g/mol. The van der Waals surface area contributed by atoms with Gasteiger partial charge in [-0.25, -0.2) is 8.42 Å². The predicted molar refractivity (Wildman–Crippen MR) is 85.6 cm³/mol. The van der Waals surface area contributed by atoms with E-state index in [-0.39, 0.29) is 4.90 Å². The van der Waals surface area contributed by atoms with E-state index in [1.165, 1.54) is 6.07 Å². The van der Waals surface area contributed by atoms with E-state index < -0.39 is 10.0 Å². The van der Waals surface area contributed by atoms with Crippen LogP contribution in [0.4, 0.5) is 0 Å². The van der Waals surface area contributed by atoms with E-state index in [1.807, 2.05) is 0 Å². The summed E-state index contributed by atoms with van der Waals surface area (Å²) >= 11 is 5.91. The van der Waals surface area contributed by atoms with Crippen LogP contribution < -0.4 is 0 Å². The molecule has 2 saturated heterocycles.